The lowest BCUT2D eigenvalue weighted by Crippen LogP contribution is -2.39. The summed E-state index contributed by atoms with van der Waals surface area (Å²) in [5, 5.41) is 3.11. The van der Waals surface area contributed by atoms with E-state index in [0.717, 1.165) is 81.6 Å². The summed E-state index contributed by atoms with van der Waals surface area (Å²) in [6.45, 7) is 10.1. The Labute approximate surface area is 188 Å². The number of likely N-dealkylation sites (tertiary alicyclic amines) is 1. The normalized spacial score (nSPS) is 18.7. The second kappa shape index (κ2) is 11.5. The molecule has 0 radical (unpaired) electrons. The number of hydrogen-bond donors (Lipinski definition) is 1. The molecule has 0 aliphatic carbocycles. The van der Waals surface area contributed by atoms with Crippen LogP contribution in [0.4, 0.5) is 11.4 Å². The monoisotopic (exact) mass is 427 g/mol. The molecule has 1 aromatic carbocycles. The van der Waals surface area contributed by atoms with Crippen molar-refractivity contribution < 1.29 is 9.59 Å². The first-order valence-electron chi connectivity index (χ1n) is 12.5. The van der Waals surface area contributed by atoms with Crippen LogP contribution in [0.1, 0.15) is 88.9 Å². The zero-order valence-corrected chi connectivity index (χ0v) is 19.8. The standard InChI is InChI=1S/C26H41N3O2/c1-4-6-10-21(5-2)25(30)27-22-11-12-24(28-15-8-7-9-16-28)23(19-22)26(31)29-17-13-20(3)14-18-29/h11-12,19-21H,4-10,13-18H2,1-3H3,(H,27,30)/t21-/m0/s1. The highest BCUT2D eigenvalue weighted by molar-refractivity contribution is 6.02. The topological polar surface area (TPSA) is 52.7 Å². The highest BCUT2D eigenvalue weighted by Gasteiger charge is 2.26. The largest absolute Gasteiger partial charge is 0.371 e. The first-order valence-corrected chi connectivity index (χ1v) is 12.5. The minimum Gasteiger partial charge on any atom is -0.371 e. The quantitative estimate of drug-likeness (QED) is 0.579. The van der Waals surface area contributed by atoms with Crippen molar-refractivity contribution in [3.8, 4) is 0 Å². The SMILES string of the molecule is CCCC[C@H](CC)C(=O)Nc1ccc(N2CCCCC2)c(C(=O)N2CCC(C)CC2)c1. The van der Waals surface area contributed by atoms with Crippen LogP contribution in [0.2, 0.25) is 0 Å². The average molecular weight is 428 g/mol. The van der Waals surface area contributed by atoms with Crippen LogP contribution >= 0.6 is 0 Å². The van der Waals surface area contributed by atoms with Crippen LogP contribution in [-0.2, 0) is 4.79 Å². The van der Waals surface area contributed by atoms with E-state index in [1.807, 2.05) is 23.1 Å². The average Bonchev–Trinajstić information content (AvgIpc) is 2.80. The molecule has 2 aliphatic rings. The molecule has 2 saturated heterocycles. The Balaban J connectivity index is 1.82. The summed E-state index contributed by atoms with van der Waals surface area (Å²) in [4.78, 5) is 30.7. The number of unbranched alkanes of at least 4 members (excludes halogenated alkanes) is 1. The van der Waals surface area contributed by atoms with Crippen molar-refractivity contribution in [3.05, 3.63) is 23.8 Å². The van der Waals surface area contributed by atoms with Gasteiger partial charge in [-0.2, -0.15) is 0 Å². The lowest BCUT2D eigenvalue weighted by molar-refractivity contribution is -0.120. The Morgan fingerprint density at radius 2 is 1.77 bits per heavy atom. The maximum absolute atomic E-state index is 13.5. The summed E-state index contributed by atoms with van der Waals surface area (Å²) in [6.07, 6.45) is 9.66. The Kier molecular flexibility index (Phi) is 8.79. The summed E-state index contributed by atoms with van der Waals surface area (Å²) in [7, 11) is 0. The van der Waals surface area contributed by atoms with Crippen LogP contribution in [0.5, 0.6) is 0 Å². The van der Waals surface area contributed by atoms with E-state index < -0.39 is 0 Å². The first-order chi connectivity index (χ1) is 15.0. The van der Waals surface area contributed by atoms with Gasteiger partial charge in [0.25, 0.3) is 5.91 Å². The number of carbonyl (C=O) groups excluding carboxylic acids is 2. The lowest BCUT2D eigenvalue weighted by Gasteiger charge is -2.34. The van der Waals surface area contributed by atoms with Gasteiger partial charge in [-0.1, -0.05) is 33.6 Å². The number of rotatable bonds is 8. The van der Waals surface area contributed by atoms with Crippen molar-refractivity contribution in [2.24, 2.45) is 11.8 Å². The molecule has 5 nitrogen and oxygen atoms in total. The molecule has 2 amide bonds. The maximum Gasteiger partial charge on any atom is 0.256 e. The molecule has 1 aromatic rings. The third kappa shape index (κ3) is 6.24. The van der Waals surface area contributed by atoms with Crippen molar-refractivity contribution in [2.75, 3.05) is 36.4 Å². The van der Waals surface area contributed by atoms with E-state index in [1.165, 1.54) is 19.3 Å². The molecule has 0 aromatic heterocycles. The molecule has 2 heterocycles. The predicted molar refractivity (Wildman–Crippen MR) is 129 cm³/mol. The number of piperidine rings is 2. The summed E-state index contributed by atoms with van der Waals surface area (Å²) in [6, 6.07) is 5.95. The smallest absolute Gasteiger partial charge is 0.256 e. The van der Waals surface area contributed by atoms with Gasteiger partial charge < -0.3 is 15.1 Å². The molecule has 31 heavy (non-hydrogen) atoms. The third-order valence-corrected chi connectivity index (χ3v) is 7.03. The fourth-order valence-corrected chi connectivity index (χ4v) is 4.79. The van der Waals surface area contributed by atoms with Gasteiger partial charge in [0.1, 0.15) is 0 Å². The van der Waals surface area contributed by atoms with Gasteiger partial charge in [-0.15, -0.1) is 0 Å². The van der Waals surface area contributed by atoms with Gasteiger partial charge >= 0.3 is 0 Å². The van der Waals surface area contributed by atoms with Gasteiger partial charge in [-0.3, -0.25) is 9.59 Å². The van der Waals surface area contributed by atoms with Crippen LogP contribution < -0.4 is 10.2 Å². The van der Waals surface area contributed by atoms with Crippen LogP contribution in [0.25, 0.3) is 0 Å². The van der Waals surface area contributed by atoms with E-state index >= 15 is 0 Å². The van der Waals surface area contributed by atoms with Gasteiger partial charge in [0, 0.05) is 43.5 Å². The van der Waals surface area contributed by atoms with Crippen molar-refractivity contribution in [2.45, 2.75) is 78.6 Å². The lowest BCUT2D eigenvalue weighted by atomic mass is 9.97. The van der Waals surface area contributed by atoms with E-state index in [-0.39, 0.29) is 17.7 Å². The van der Waals surface area contributed by atoms with Crippen LogP contribution in [0.3, 0.4) is 0 Å². The van der Waals surface area contributed by atoms with Gasteiger partial charge in [0.2, 0.25) is 5.91 Å². The predicted octanol–water partition coefficient (Wildman–Crippen LogP) is 5.70. The molecular formula is C26H41N3O2. The minimum absolute atomic E-state index is 0.0319. The van der Waals surface area contributed by atoms with Gasteiger partial charge in [0.15, 0.2) is 0 Å². The Morgan fingerprint density at radius 1 is 1.06 bits per heavy atom. The number of anilines is 2. The molecule has 172 valence electrons. The molecule has 1 N–H and O–H groups in total. The number of nitrogens with one attached hydrogen (secondary N) is 1. The van der Waals surface area contributed by atoms with Crippen molar-refractivity contribution in [1.29, 1.82) is 0 Å². The molecule has 0 spiro atoms. The van der Waals surface area contributed by atoms with Crippen LogP contribution in [0.15, 0.2) is 18.2 Å². The highest BCUT2D eigenvalue weighted by atomic mass is 16.2. The van der Waals surface area contributed by atoms with Crippen LogP contribution in [-0.4, -0.2) is 42.9 Å². The molecule has 0 unspecified atom stereocenters. The minimum atomic E-state index is 0.0319. The molecule has 2 fully saturated rings. The molecule has 2 aliphatic heterocycles. The number of carbonyl (C=O) groups is 2. The molecule has 5 heteroatoms. The van der Waals surface area contributed by atoms with Gasteiger partial charge in [0.05, 0.1) is 5.56 Å². The van der Waals surface area contributed by atoms with E-state index in [2.05, 4.69) is 31.0 Å². The Hall–Kier alpha value is -2.04. The summed E-state index contributed by atoms with van der Waals surface area (Å²) >= 11 is 0. The second-order valence-electron chi connectivity index (χ2n) is 9.49. The first kappa shape index (κ1) is 23.6. The molecule has 0 bridgehead atoms. The number of amides is 2. The molecule has 1 atom stereocenters. The fourth-order valence-electron chi connectivity index (χ4n) is 4.79. The Bertz CT molecular complexity index is 734. The Morgan fingerprint density at radius 3 is 2.42 bits per heavy atom. The number of nitrogens with zero attached hydrogens (tertiary/aromatic N) is 2. The molecular weight excluding hydrogens is 386 g/mol. The van der Waals surface area contributed by atoms with Crippen molar-refractivity contribution >= 4 is 23.2 Å². The summed E-state index contributed by atoms with van der Waals surface area (Å²) in [5.74, 6) is 0.906. The second-order valence-corrected chi connectivity index (χ2v) is 9.49. The third-order valence-electron chi connectivity index (χ3n) is 7.03. The van der Waals surface area contributed by atoms with Crippen molar-refractivity contribution in [3.63, 3.8) is 0 Å². The fraction of sp³-hybridized carbons (Fsp3) is 0.692. The van der Waals surface area contributed by atoms with E-state index in [0.29, 0.717) is 5.92 Å². The van der Waals surface area contributed by atoms with E-state index in [1.54, 1.807) is 0 Å². The van der Waals surface area contributed by atoms with Crippen LogP contribution in [0, 0.1) is 11.8 Å². The summed E-state index contributed by atoms with van der Waals surface area (Å²) < 4.78 is 0. The van der Waals surface area contributed by atoms with Crippen molar-refractivity contribution in [1.82, 2.24) is 4.90 Å². The van der Waals surface area contributed by atoms with E-state index in [9.17, 15) is 9.59 Å². The molecule has 3 rings (SSSR count). The number of benzene rings is 1. The van der Waals surface area contributed by atoms with Gasteiger partial charge in [-0.25, -0.2) is 0 Å². The summed E-state index contributed by atoms with van der Waals surface area (Å²) in [5.41, 5.74) is 2.52. The highest BCUT2D eigenvalue weighted by Crippen LogP contribution is 2.30. The number of hydrogen-bond acceptors (Lipinski definition) is 3. The molecule has 0 saturated carbocycles. The zero-order chi connectivity index (χ0) is 22.2. The maximum atomic E-state index is 13.5. The van der Waals surface area contributed by atoms with E-state index in [4.69, 9.17) is 0 Å². The van der Waals surface area contributed by atoms with Gasteiger partial charge in [-0.05, 0) is 69.1 Å². The zero-order valence-electron chi connectivity index (χ0n) is 19.8.